The number of furan rings is 1. The van der Waals surface area contributed by atoms with Crippen molar-refractivity contribution in [1.29, 1.82) is 0 Å². The molecule has 0 aliphatic carbocycles. The fourth-order valence-electron chi connectivity index (χ4n) is 3.50. The number of carbonyl (C=O) groups is 1. The number of thioether (sulfide) groups is 1. The van der Waals surface area contributed by atoms with Crippen molar-refractivity contribution in [3.8, 4) is 11.6 Å². The largest absolute Gasteiger partial charge is 0.453 e. The molecule has 0 bridgehead atoms. The van der Waals surface area contributed by atoms with Gasteiger partial charge in [0.2, 0.25) is 11.7 Å². The van der Waals surface area contributed by atoms with E-state index in [4.69, 9.17) is 4.42 Å². The molecule has 6 nitrogen and oxygen atoms in total. The molecule has 0 unspecified atom stereocenters. The van der Waals surface area contributed by atoms with Gasteiger partial charge in [0.15, 0.2) is 10.9 Å². The molecule has 32 heavy (non-hydrogen) atoms. The summed E-state index contributed by atoms with van der Waals surface area (Å²) in [5, 5.41) is 13.3. The number of nitrogens with zero attached hydrogens (tertiary/aromatic N) is 3. The van der Waals surface area contributed by atoms with Crippen LogP contribution in [0.1, 0.15) is 18.1 Å². The normalized spacial score (nSPS) is 11.1. The maximum Gasteiger partial charge on any atom is 0.234 e. The molecule has 0 saturated carbocycles. The molecule has 0 fully saturated rings. The summed E-state index contributed by atoms with van der Waals surface area (Å²) in [4.78, 5) is 12.7. The van der Waals surface area contributed by atoms with E-state index in [1.807, 2.05) is 54.0 Å². The molecule has 0 atom stereocenters. The van der Waals surface area contributed by atoms with Crippen LogP contribution in [0.25, 0.3) is 22.6 Å². The van der Waals surface area contributed by atoms with Crippen LogP contribution in [0.5, 0.6) is 0 Å². The fourth-order valence-corrected chi connectivity index (χ4v) is 4.63. The zero-order valence-corrected chi connectivity index (χ0v) is 20.3. The van der Waals surface area contributed by atoms with E-state index in [1.54, 1.807) is 6.08 Å². The lowest BCUT2D eigenvalue weighted by atomic mass is 10.1. The van der Waals surface area contributed by atoms with Crippen molar-refractivity contribution in [1.82, 2.24) is 14.8 Å². The lowest BCUT2D eigenvalue weighted by Gasteiger charge is -2.13. The molecule has 2 aromatic heterocycles. The SMILES string of the molecule is C=CCn1c(SCC(=O)Nc2c(C)cccc2CC)nnc1-c1cc2cc(Br)ccc2o1. The predicted molar refractivity (Wildman–Crippen MR) is 133 cm³/mol. The van der Waals surface area contributed by atoms with Gasteiger partial charge in [-0.25, -0.2) is 0 Å². The zero-order valence-electron chi connectivity index (χ0n) is 17.9. The van der Waals surface area contributed by atoms with Crippen molar-refractivity contribution >= 4 is 50.3 Å². The number of carbonyl (C=O) groups excluding carboxylic acids is 1. The summed E-state index contributed by atoms with van der Waals surface area (Å²) in [7, 11) is 0. The minimum atomic E-state index is -0.0812. The van der Waals surface area contributed by atoms with Crippen LogP contribution < -0.4 is 5.32 Å². The van der Waals surface area contributed by atoms with Crippen LogP contribution in [0.3, 0.4) is 0 Å². The van der Waals surface area contributed by atoms with Gasteiger partial charge in [0.1, 0.15) is 5.58 Å². The highest BCUT2D eigenvalue weighted by atomic mass is 79.9. The van der Waals surface area contributed by atoms with Crippen molar-refractivity contribution in [2.75, 3.05) is 11.1 Å². The van der Waals surface area contributed by atoms with E-state index < -0.39 is 0 Å². The minimum Gasteiger partial charge on any atom is -0.453 e. The number of allylic oxidation sites excluding steroid dienone is 1. The molecule has 4 rings (SSSR count). The Morgan fingerprint density at radius 2 is 2.12 bits per heavy atom. The van der Waals surface area contributed by atoms with Crippen LogP contribution in [-0.2, 0) is 17.8 Å². The molecule has 2 heterocycles. The second-order valence-corrected chi connectivity index (χ2v) is 9.16. The number of para-hydroxylation sites is 1. The van der Waals surface area contributed by atoms with Crippen LogP contribution in [0.15, 0.2) is 69.2 Å². The molecule has 0 aliphatic heterocycles. The molecule has 8 heteroatoms. The zero-order chi connectivity index (χ0) is 22.7. The van der Waals surface area contributed by atoms with Crippen molar-refractivity contribution in [2.24, 2.45) is 0 Å². The monoisotopic (exact) mass is 510 g/mol. The Hall–Kier alpha value is -2.84. The number of nitrogens with one attached hydrogen (secondary N) is 1. The Morgan fingerprint density at radius 1 is 1.28 bits per heavy atom. The summed E-state index contributed by atoms with van der Waals surface area (Å²) in [5.74, 6) is 1.37. The highest BCUT2D eigenvalue weighted by Gasteiger charge is 2.19. The average Bonchev–Trinajstić information content (AvgIpc) is 3.37. The van der Waals surface area contributed by atoms with Crippen LogP contribution in [-0.4, -0.2) is 26.4 Å². The van der Waals surface area contributed by atoms with Gasteiger partial charge in [-0.2, -0.15) is 0 Å². The molecule has 2 aromatic carbocycles. The number of anilines is 1. The third kappa shape index (κ3) is 4.66. The Kier molecular flexibility index (Phi) is 6.81. The maximum absolute atomic E-state index is 12.7. The second kappa shape index (κ2) is 9.75. The highest BCUT2D eigenvalue weighted by Crippen LogP contribution is 2.31. The summed E-state index contributed by atoms with van der Waals surface area (Å²) in [6.45, 7) is 8.43. The molecule has 0 spiro atoms. The quantitative estimate of drug-likeness (QED) is 0.224. The van der Waals surface area contributed by atoms with Crippen molar-refractivity contribution in [2.45, 2.75) is 32.0 Å². The Balaban J connectivity index is 1.54. The first-order valence-electron chi connectivity index (χ1n) is 10.2. The molecule has 0 saturated heterocycles. The van der Waals surface area contributed by atoms with E-state index in [-0.39, 0.29) is 11.7 Å². The van der Waals surface area contributed by atoms with Gasteiger partial charge in [-0.3, -0.25) is 9.36 Å². The summed E-state index contributed by atoms with van der Waals surface area (Å²) < 4.78 is 8.87. The summed E-state index contributed by atoms with van der Waals surface area (Å²) >= 11 is 4.82. The van der Waals surface area contributed by atoms with Crippen molar-refractivity contribution < 1.29 is 9.21 Å². The topological polar surface area (TPSA) is 73.0 Å². The number of halogens is 1. The van der Waals surface area contributed by atoms with Gasteiger partial charge in [0, 0.05) is 22.1 Å². The lowest BCUT2D eigenvalue weighted by molar-refractivity contribution is -0.113. The molecule has 4 aromatic rings. The minimum absolute atomic E-state index is 0.0812. The van der Waals surface area contributed by atoms with Gasteiger partial charge >= 0.3 is 0 Å². The van der Waals surface area contributed by atoms with Gasteiger partial charge in [0.25, 0.3) is 0 Å². The lowest BCUT2D eigenvalue weighted by Crippen LogP contribution is -2.16. The average molecular weight is 511 g/mol. The molecule has 0 radical (unpaired) electrons. The standard InChI is InChI=1S/C24H23BrN4O2S/c1-4-11-29-23(20-13-17-12-18(25)9-10-19(17)31-20)27-28-24(29)32-14-21(30)26-22-15(3)7-6-8-16(22)5-2/h4,6-10,12-13H,1,5,11,14H2,2-3H3,(H,26,30). The number of amides is 1. The smallest absolute Gasteiger partial charge is 0.234 e. The van der Waals surface area contributed by atoms with Crippen LogP contribution in [0.4, 0.5) is 5.69 Å². The van der Waals surface area contributed by atoms with Gasteiger partial charge in [-0.1, -0.05) is 58.9 Å². The number of hydrogen-bond donors (Lipinski definition) is 1. The number of benzene rings is 2. The summed E-state index contributed by atoms with van der Waals surface area (Å²) in [5.41, 5.74) is 3.84. The first-order chi connectivity index (χ1) is 15.5. The Labute approximate surface area is 199 Å². The van der Waals surface area contributed by atoms with E-state index in [1.165, 1.54) is 11.8 Å². The Bertz CT molecular complexity index is 1290. The molecular weight excluding hydrogens is 488 g/mol. The summed E-state index contributed by atoms with van der Waals surface area (Å²) in [6, 6.07) is 13.8. The third-order valence-corrected chi connectivity index (χ3v) is 6.52. The molecular formula is C24H23BrN4O2S. The van der Waals surface area contributed by atoms with E-state index in [2.05, 4.69) is 44.9 Å². The molecule has 0 aliphatic rings. The van der Waals surface area contributed by atoms with E-state index in [0.717, 1.165) is 38.7 Å². The summed E-state index contributed by atoms with van der Waals surface area (Å²) in [6.07, 6.45) is 2.63. The van der Waals surface area contributed by atoms with Crippen LogP contribution in [0.2, 0.25) is 0 Å². The van der Waals surface area contributed by atoms with E-state index >= 15 is 0 Å². The van der Waals surface area contributed by atoms with Gasteiger partial charge in [0.05, 0.1) is 5.75 Å². The Morgan fingerprint density at radius 3 is 2.91 bits per heavy atom. The van der Waals surface area contributed by atoms with Crippen molar-refractivity contribution in [3.05, 3.63) is 70.7 Å². The van der Waals surface area contributed by atoms with E-state index in [0.29, 0.717) is 23.3 Å². The number of aromatic nitrogens is 3. The third-order valence-electron chi connectivity index (χ3n) is 5.06. The first kappa shape index (κ1) is 22.4. The van der Waals surface area contributed by atoms with Gasteiger partial charge in [-0.15, -0.1) is 16.8 Å². The highest BCUT2D eigenvalue weighted by molar-refractivity contribution is 9.10. The fraction of sp³-hybridized carbons (Fsp3) is 0.208. The molecule has 164 valence electrons. The first-order valence-corrected chi connectivity index (χ1v) is 12.0. The van der Waals surface area contributed by atoms with Gasteiger partial charge < -0.3 is 9.73 Å². The van der Waals surface area contributed by atoms with Crippen LogP contribution >= 0.6 is 27.7 Å². The molecule has 1 amide bonds. The number of rotatable bonds is 8. The number of fused-ring (bicyclic) bond motifs is 1. The number of hydrogen-bond acceptors (Lipinski definition) is 5. The van der Waals surface area contributed by atoms with E-state index in [9.17, 15) is 4.79 Å². The predicted octanol–water partition coefficient (Wildman–Crippen LogP) is 6.24. The van der Waals surface area contributed by atoms with Gasteiger partial charge in [-0.05, 0) is 48.7 Å². The second-order valence-electron chi connectivity index (χ2n) is 7.30. The number of aryl methyl sites for hydroxylation is 2. The van der Waals surface area contributed by atoms with Crippen LogP contribution in [0, 0.1) is 6.92 Å². The van der Waals surface area contributed by atoms with Crippen molar-refractivity contribution in [3.63, 3.8) is 0 Å². The molecule has 1 N–H and O–H groups in total. The maximum atomic E-state index is 12.7.